The summed E-state index contributed by atoms with van der Waals surface area (Å²) in [5, 5.41) is 8.12. The minimum atomic E-state index is -3.38. The fraction of sp³-hybridized carbons (Fsp3) is 0.455. The highest BCUT2D eigenvalue weighted by Gasteiger charge is 2.28. The molecular formula is C11H17NO4S. The van der Waals surface area contributed by atoms with Crippen LogP contribution in [0.15, 0.2) is 24.3 Å². The van der Waals surface area contributed by atoms with E-state index in [2.05, 4.69) is 0 Å². The summed E-state index contributed by atoms with van der Waals surface area (Å²) in [6.07, 6.45) is 1.07. The molecule has 1 aromatic carbocycles. The van der Waals surface area contributed by atoms with Gasteiger partial charge in [0.2, 0.25) is 0 Å². The maximum atomic E-state index is 11.4. The van der Waals surface area contributed by atoms with Crippen molar-refractivity contribution in [2.45, 2.75) is 11.3 Å². The second-order valence-electron chi connectivity index (χ2n) is 3.85. The van der Waals surface area contributed by atoms with Gasteiger partial charge in [-0.1, -0.05) is 12.1 Å². The predicted octanol–water partition coefficient (Wildman–Crippen LogP) is 0.100. The van der Waals surface area contributed by atoms with Crippen LogP contribution in [0.25, 0.3) is 0 Å². The minimum Gasteiger partial charge on any atom is -0.497 e. The zero-order valence-electron chi connectivity index (χ0n) is 9.83. The summed E-state index contributed by atoms with van der Waals surface area (Å²) in [7, 11) is -1.84. The average Bonchev–Trinajstić information content (AvgIpc) is 2.28. The van der Waals surface area contributed by atoms with Crippen LogP contribution in [0.5, 0.6) is 5.75 Å². The van der Waals surface area contributed by atoms with Crippen molar-refractivity contribution in [3.8, 4) is 5.75 Å². The van der Waals surface area contributed by atoms with Crippen LogP contribution >= 0.6 is 0 Å². The van der Waals surface area contributed by atoms with Gasteiger partial charge >= 0.3 is 0 Å². The second-order valence-corrected chi connectivity index (χ2v) is 6.11. The van der Waals surface area contributed by atoms with Crippen molar-refractivity contribution < 1.29 is 18.3 Å². The molecule has 0 bridgehead atoms. The molecule has 2 atom stereocenters. The Morgan fingerprint density at radius 3 is 2.24 bits per heavy atom. The second kappa shape index (κ2) is 5.48. The molecule has 0 aliphatic heterocycles. The van der Waals surface area contributed by atoms with Crippen LogP contribution in [-0.4, -0.2) is 38.7 Å². The van der Waals surface area contributed by atoms with Gasteiger partial charge in [-0.3, -0.25) is 0 Å². The van der Waals surface area contributed by atoms with Gasteiger partial charge in [-0.25, -0.2) is 8.42 Å². The average molecular weight is 259 g/mol. The van der Waals surface area contributed by atoms with Crippen LogP contribution in [0, 0.1) is 0 Å². The Morgan fingerprint density at radius 2 is 1.88 bits per heavy atom. The molecule has 0 heterocycles. The van der Waals surface area contributed by atoms with Crippen molar-refractivity contribution in [2.24, 2.45) is 5.73 Å². The summed E-state index contributed by atoms with van der Waals surface area (Å²) >= 11 is 0. The van der Waals surface area contributed by atoms with Gasteiger partial charge in [-0.2, -0.15) is 0 Å². The highest BCUT2D eigenvalue weighted by molar-refractivity contribution is 7.91. The zero-order valence-corrected chi connectivity index (χ0v) is 10.6. The molecule has 0 spiro atoms. The number of aliphatic hydroxyl groups is 1. The number of methoxy groups -OCH3 is 1. The number of benzene rings is 1. The number of ether oxygens (including phenoxy) is 1. The Labute approximate surface area is 101 Å². The van der Waals surface area contributed by atoms with Crippen LogP contribution in [0.3, 0.4) is 0 Å². The van der Waals surface area contributed by atoms with E-state index in [-0.39, 0.29) is 0 Å². The molecule has 0 aliphatic rings. The quantitative estimate of drug-likeness (QED) is 0.783. The van der Waals surface area contributed by atoms with Crippen molar-refractivity contribution in [1.29, 1.82) is 0 Å². The summed E-state index contributed by atoms with van der Waals surface area (Å²) in [6.45, 7) is -0.494. The maximum Gasteiger partial charge on any atom is 0.154 e. The number of hydrogen-bond acceptors (Lipinski definition) is 5. The monoisotopic (exact) mass is 259 g/mol. The van der Waals surface area contributed by atoms with Crippen molar-refractivity contribution >= 4 is 9.84 Å². The third-order valence-electron chi connectivity index (χ3n) is 2.63. The topological polar surface area (TPSA) is 89.6 Å². The summed E-state index contributed by atoms with van der Waals surface area (Å²) < 4.78 is 27.9. The molecule has 1 rings (SSSR count). The van der Waals surface area contributed by atoms with E-state index in [4.69, 9.17) is 15.6 Å². The van der Waals surface area contributed by atoms with E-state index in [1.807, 2.05) is 0 Å². The lowest BCUT2D eigenvalue weighted by molar-refractivity contribution is 0.278. The van der Waals surface area contributed by atoms with Gasteiger partial charge < -0.3 is 15.6 Å². The molecule has 3 N–H and O–H groups in total. The molecule has 0 saturated heterocycles. The molecular weight excluding hydrogens is 242 g/mol. The first-order valence-electron chi connectivity index (χ1n) is 5.09. The molecule has 17 heavy (non-hydrogen) atoms. The van der Waals surface area contributed by atoms with Crippen molar-refractivity contribution in [1.82, 2.24) is 0 Å². The lowest BCUT2D eigenvalue weighted by Crippen LogP contribution is -2.36. The van der Waals surface area contributed by atoms with Crippen LogP contribution in [0.4, 0.5) is 0 Å². The van der Waals surface area contributed by atoms with E-state index in [9.17, 15) is 8.42 Å². The Kier molecular flexibility index (Phi) is 4.50. The van der Waals surface area contributed by atoms with Crippen LogP contribution < -0.4 is 10.5 Å². The highest BCUT2D eigenvalue weighted by atomic mass is 32.2. The van der Waals surface area contributed by atoms with Gasteiger partial charge in [0.15, 0.2) is 9.84 Å². The van der Waals surface area contributed by atoms with E-state index >= 15 is 0 Å². The van der Waals surface area contributed by atoms with Gasteiger partial charge in [-0.05, 0) is 17.7 Å². The number of aliphatic hydroxyl groups excluding tert-OH is 1. The number of hydrogen-bond donors (Lipinski definition) is 2. The third-order valence-corrected chi connectivity index (χ3v) is 4.17. The van der Waals surface area contributed by atoms with E-state index in [1.54, 1.807) is 31.4 Å². The van der Waals surface area contributed by atoms with Crippen molar-refractivity contribution in [2.75, 3.05) is 20.0 Å². The molecule has 0 unspecified atom stereocenters. The van der Waals surface area contributed by atoms with E-state index in [1.165, 1.54) is 0 Å². The zero-order chi connectivity index (χ0) is 13.1. The highest BCUT2D eigenvalue weighted by Crippen LogP contribution is 2.21. The fourth-order valence-corrected chi connectivity index (χ4v) is 2.52. The first-order chi connectivity index (χ1) is 7.90. The fourth-order valence-electron chi connectivity index (χ4n) is 1.56. The van der Waals surface area contributed by atoms with E-state index < -0.39 is 27.7 Å². The third kappa shape index (κ3) is 3.42. The van der Waals surface area contributed by atoms with Gasteiger partial charge in [-0.15, -0.1) is 0 Å². The van der Waals surface area contributed by atoms with Gasteiger partial charge in [0.25, 0.3) is 0 Å². The van der Waals surface area contributed by atoms with E-state index in [0.717, 1.165) is 6.26 Å². The van der Waals surface area contributed by atoms with Crippen LogP contribution in [-0.2, 0) is 9.84 Å². The van der Waals surface area contributed by atoms with Crippen molar-refractivity contribution in [3.05, 3.63) is 29.8 Å². The Morgan fingerprint density at radius 1 is 1.35 bits per heavy atom. The maximum absolute atomic E-state index is 11.4. The van der Waals surface area contributed by atoms with Gasteiger partial charge in [0, 0.05) is 12.3 Å². The van der Waals surface area contributed by atoms with Gasteiger partial charge in [0.1, 0.15) is 11.0 Å². The summed E-state index contributed by atoms with van der Waals surface area (Å²) in [5.74, 6) is 0.667. The first-order valence-corrected chi connectivity index (χ1v) is 7.05. The Bertz CT molecular complexity index is 455. The lowest BCUT2D eigenvalue weighted by Gasteiger charge is -2.20. The smallest absolute Gasteiger partial charge is 0.154 e. The largest absolute Gasteiger partial charge is 0.497 e. The van der Waals surface area contributed by atoms with E-state index in [0.29, 0.717) is 11.3 Å². The van der Waals surface area contributed by atoms with Crippen molar-refractivity contribution in [3.63, 3.8) is 0 Å². The predicted molar refractivity (Wildman–Crippen MR) is 65.6 cm³/mol. The molecule has 5 nitrogen and oxygen atoms in total. The molecule has 0 amide bonds. The lowest BCUT2D eigenvalue weighted by atomic mass is 10.0. The molecule has 0 aromatic heterocycles. The molecule has 0 radical (unpaired) electrons. The summed E-state index contributed by atoms with van der Waals surface area (Å²) in [6, 6.07) is 6.04. The molecule has 6 heteroatoms. The summed E-state index contributed by atoms with van der Waals surface area (Å²) in [5.41, 5.74) is 6.50. The number of sulfone groups is 1. The van der Waals surface area contributed by atoms with Crippen LogP contribution in [0.1, 0.15) is 11.6 Å². The SMILES string of the molecule is COc1ccc([C@@H](N)[C@H](CO)S(C)(=O)=O)cc1. The van der Waals surface area contributed by atoms with Gasteiger partial charge in [0.05, 0.1) is 13.7 Å². The standard InChI is InChI=1S/C11H17NO4S/c1-16-9-5-3-8(4-6-9)11(12)10(7-13)17(2,14)15/h3-6,10-11,13H,7,12H2,1-2H3/t10-,11+/m0/s1. The normalized spacial score (nSPS) is 15.3. The molecule has 0 fully saturated rings. The minimum absolute atomic E-state index is 0.494. The number of nitrogens with two attached hydrogens (primary N) is 1. The molecule has 96 valence electrons. The molecule has 0 saturated carbocycles. The molecule has 1 aromatic rings. The molecule has 0 aliphatic carbocycles. The number of rotatable bonds is 5. The van der Waals surface area contributed by atoms with Crippen LogP contribution in [0.2, 0.25) is 0 Å². The Hall–Kier alpha value is -1.11. The summed E-state index contributed by atoms with van der Waals surface area (Å²) in [4.78, 5) is 0. The first kappa shape index (κ1) is 14.0. The Balaban J connectivity index is 2.98.